The van der Waals surface area contributed by atoms with Gasteiger partial charge in [-0.25, -0.2) is 0 Å². The molecular weight excluding hydrogens is 254 g/mol. The minimum Gasteiger partial charge on any atom is -0.398 e. The largest absolute Gasteiger partial charge is 0.398 e. The maximum atomic E-state index is 12.2. The van der Waals surface area contributed by atoms with E-state index in [4.69, 9.17) is 17.3 Å². The van der Waals surface area contributed by atoms with Gasteiger partial charge in [0.05, 0.1) is 16.3 Å². The summed E-state index contributed by atoms with van der Waals surface area (Å²) in [5, 5.41) is 0.244. The van der Waals surface area contributed by atoms with Gasteiger partial charge in [0, 0.05) is 20.1 Å². The van der Waals surface area contributed by atoms with Crippen LogP contribution in [0.5, 0.6) is 0 Å². The van der Waals surface area contributed by atoms with Crippen LogP contribution < -0.4 is 5.73 Å². The zero-order valence-electron chi connectivity index (χ0n) is 10.0. The van der Waals surface area contributed by atoms with Gasteiger partial charge in [-0.05, 0) is 12.1 Å². The number of rotatable bonds is 1. The summed E-state index contributed by atoms with van der Waals surface area (Å²) in [6.45, 7) is 1.12. The van der Waals surface area contributed by atoms with Crippen LogP contribution in [0, 0.1) is 0 Å². The number of likely N-dealkylation sites (N-methyl/N-ethyl adjacent to an activating group) is 1. The van der Waals surface area contributed by atoms with Crippen LogP contribution >= 0.6 is 11.6 Å². The monoisotopic (exact) mass is 267 g/mol. The van der Waals surface area contributed by atoms with Crippen molar-refractivity contribution in [3.63, 3.8) is 0 Å². The highest BCUT2D eigenvalue weighted by molar-refractivity contribution is 6.36. The molecule has 0 unspecified atom stereocenters. The van der Waals surface area contributed by atoms with E-state index in [9.17, 15) is 9.59 Å². The molecule has 6 heteroatoms. The molecule has 0 atom stereocenters. The van der Waals surface area contributed by atoms with Crippen LogP contribution in [0.25, 0.3) is 0 Å². The number of anilines is 1. The fraction of sp³-hybridized carbons (Fsp3) is 0.333. The predicted octanol–water partition coefficient (Wildman–Crippen LogP) is 0.836. The Hall–Kier alpha value is -1.75. The van der Waals surface area contributed by atoms with Gasteiger partial charge in [0.15, 0.2) is 0 Å². The lowest BCUT2D eigenvalue weighted by Crippen LogP contribution is -2.50. The van der Waals surface area contributed by atoms with Crippen molar-refractivity contribution in [2.24, 2.45) is 0 Å². The van der Waals surface area contributed by atoms with Gasteiger partial charge < -0.3 is 15.5 Å². The molecule has 0 saturated carbocycles. The molecule has 2 amide bonds. The van der Waals surface area contributed by atoms with Crippen molar-refractivity contribution in [1.29, 1.82) is 0 Å². The summed E-state index contributed by atoms with van der Waals surface area (Å²) in [6.07, 6.45) is 0. The Kier molecular flexibility index (Phi) is 3.43. The number of hydrogen-bond acceptors (Lipinski definition) is 3. The molecule has 0 spiro atoms. The fourth-order valence-electron chi connectivity index (χ4n) is 1.82. The first-order valence-corrected chi connectivity index (χ1v) is 5.95. The van der Waals surface area contributed by atoms with E-state index < -0.39 is 0 Å². The van der Waals surface area contributed by atoms with Crippen molar-refractivity contribution >= 4 is 29.1 Å². The van der Waals surface area contributed by atoms with Crippen molar-refractivity contribution < 1.29 is 9.59 Å². The molecule has 1 aromatic rings. The first-order valence-electron chi connectivity index (χ1n) is 5.58. The third-order valence-corrected chi connectivity index (χ3v) is 3.43. The van der Waals surface area contributed by atoms with Crippen molar-refractivity contribution in [3.05, 3.63) is 28.8 Å². The van der Waals surface area contributed by atoms with Crippen LogP contribution in [-0.2, 0) is 4.79 Å². The number of nitrogens with two attached hydrogens (primary N) is 1. The summed E-state index contributed by atoms with van der Waals surface area (Å²) in [5.41, 5.74) is 6.37. The van der Waals surface area contributed by atoms with Crippen molar-refractivity contribution in [2.75, 3.05) is 32.4 Å². The molecule has 1 fully saturated rings. The lowest BCUT2D eigenvalue weighted by molar-refractivity contribution is -0.133. The minimum absolute atomic E-state index is 0.0744. The Morgan fingerprint density at radius 1 is 1.39 bits per heavy atom. The first kappa shape index (κ1) is 12.7. The molecule has 1 aliphatic rings. The molecule has 2 N–H and O–H groups in total. The second-order valence-corrected chi connectivity index (χ2v) is 4.63. The number of amides is 2. The molecule has 5 nitrogen and oxygen atoms in total. The molecule has 0 bridgehead atoms. The fourth-order valence-corrected chi connectivity index (χ4v) is 2.02. The second kappa shape index (κ2) is 4.86. The predicted molar refractivity (Wildman–Crippen MR) is 69.4 cm³/mol. The Bertz CT molecular complexity index is 504. The number of nitrogen functional groups attached to an aromatic ring is 1. The normalized spacial score (nSPS) is 16.0. The second-order valence-electron chi connectivity index (χ2n) is 4.25. The third kappa shape index (κ3) is 2.26. The maximum Gasteiger partial charge on any atom is 0.255 e. The number of hydrogen-bond donors (Lipinski definition) is 1. The molecule has 96 valence electrons. The number of nitrogens with zero attached hydrogens (tertiary/aromatic N) is 2. The summed E-state index contributed by atoms with van der Waals surface area (Å²) < 4.78 is 0. The average Bonchev–Trinajstić information content (AvgIpc) is 2.35. The zero-order chi connectivity index (χ0) is 13.3. The molecule has 1 aliphatic heterocycles. The van der Waals surface area contributed by atoms with E-state index in [2.05, 4.69) is 0 Å². The van der Waals surface area contributed by atoms with Crippen LogP contribution in [0.3, 0.4) is 0 Å². The highest BCUT2D eigenvalue weighted by atomic mass is 35.5. The topological polar surface area (TPSA) is 66.6 Å². The Morgan fingerprint density at radius 3 is 2.78 bits per heavy atom. The van der Waals surface area contributed by atoms with E-state index in [1.54, 1.807) is 30.1 Å². The number of benzene rings is 1. The van der Waals surface area contributed by atoms with E-state index in [1.165, 1.54) is 4.90 Å². The standard InChI is InChI=1S/C12H14ClN3O2/c1-15-5-6-16(7-10(15)17)12(18)8-3-2-4-9(14)11(8)13/h2-4H,5-7,14H2,1H3. The van der Waals surface area contributed by atoms with Crippen LogP contribution in [0.4, 0.5) is 5.69 Å². The number of halogens is 1. The van der Waals surface area contributed by atoms with Crippen LogP contribution in [0.15, 0.2) is 18.2 Å². The van der Waals surface area contributed by atoms with Crippen molar-refractivity contribution in [2.45, 2.75) is 0 Å². The molecule has 2 rings (SSSR count). The quantitative estimate of drug-likeness (QED) is 0.767. The molecule has 1 saturated heterocycles. The summed E-state index contributed by atoms with van der Waals surface area (Å²) in [6, 6.07) is 4.92. The van der Waals surface area contributed by atoms with Gasteiger partial charge >= 0.3 is 0 Å². The van der Waals surface area contributed by atoms with Crippen molar-refractivity contribution in [1.82, 2.24) is 9.80 Å². The Balaban J connectivity index is 2.22. The minimum atomic E-state index is -0.256. The number of piperazine rings is 1. The van der Waals surface area contributed by atoms with Gasteiger partial charge in [0.25, 0.3) is 5.91 Å². The third-order valence-electron chi connectivity index (χ3n) is 3.00. The summed E-state index contributed by atoms with van der Waals surface area (Å²) in [7, 11) is 1.72. The van der Waals surface area contributed by atoms with E-state index in [1.807, 2.05) is 0 Å². The lowest BCUT2D eigenvalue weighted by atomic mass is 10.1. The molecule has 0 radical (unpaired) electrons. The number of carbonyl (C=O) groups is 2. The smallest absolute Gasteiger partial charge is 0.255 e. The van der Waals surface area contributed by atoms with Gasteiger partial charge in [0.2, 0.25) is 5.91 Å². The summed E-state index contributed by atoms with van der Waals surface area (Å²) >= 11 is 6.00. The van der Waals surface area contributed by atoms with Gasteiger partial charge in [-0.2, -0.15) is 0 Å². The first-order chi connectivity index (χ1) is 8.50. The summed E-state index contributed by atoms with van der Waals surface area (Å²) in [4.78, 5) is 26.9. The highest BCUT2D eigenvalue weighted by Crippen LogP contribution is 2.24. The van der Waals surface area contributed by atoms with E-state index in [0.29, 0.717) is 24.3 Å². The Labute approximate surface area is 110 Å². The average molecular weight is 268 g/mol. The van der Waals surface area contributed by atoms with Gasteiger partial charge in [-0.15, -0.1) is 0 Å². The van der Waals surface area contributed by atoms with Gasteiger partial charge in [-0.1, -0.05) is 17.7 Å². The molecule has 18 heavy (non-hydrogen) atoms. The maximum absolute atomic E-state index is 12.2. The zero-order valence-corrected chi connectivity index (χ0v) is 10.8. The molecule has 1 aromatic carbocycles. The van der Waals surface area contributed by atoms with Crippen molar-refractivity contribution in [3.8, 4) is 0 Å². The molecule has 0 aliphatic carbocycles. The molecule has 1 heterocycles. The molecular formula is C12H14ClN3O2. The van der Waals surface area contributed by atoms with Crippen LogP contribution in [0.2, 0.25) is 5.02 Å². The van der Waals surface area contributed by atoms with Gasteiger partial charge in [-0.3, -0.25) is 9.59 Å². The highest BCUT2D eigenvalue weighted by Gasteiger charge is 2.26. The molecule has 0 aromatic heterocycles. The summed E-state index contributed by atoms with van der Waals surface area (Å²) in [5.74, 6) is -0.330. The van der Waals surface area contributed by atoms with E-state index >= 15 is 0 Å². The van der Waals surface area contributed by atoms with E-state index in [-0.39, 0.29) is 23.4 Å². The SMILES string of the molecule is CN1CCN(C(=O)c2cccc(N)c2Cl)CC1=O. The van der Waals surface area contributed by atoms with Gasteiger partial charge in [0.1, 0.15) is 6.54 Å². The van der Waals surface area contributed by atoms with E-state index in [0.717, 1.165) is 0 Å². The Morgan fingerprint density at radius 2 is 2.11 bits per heavy atom. The van der Waals surface area contributed by atoms with Crippen LogP contribution in [-0.4, -0.2) is 48.3 Å². The number of carbonyl (C=O) groups excluding carboxylic acids is 2. The van der Waals surface area contributed by atoms with Crippen LogP contribution in [0.1, 0.15) is 10.4 Å². The lowest BCUT2D eigenvalue weighted by Gasteiger charge is -2.32.